The molecule has 2 aliphatic heterocycles. The van der Waals surface area contributed by atoms with E-state index in [9.17, 15) is 0 Å². The number of hydrogen-bond donors (Lipinski definition) is 0. The van der Waals surface area contributed by atoms with Crippen molar-refractivity contribution >= 4 is 58.5 Å². The average Bonchev–Trinajstić information content (AvgIpc) is 2.13. The van der Waals surface area contributed by atoms with Crippen molar-refractivity contribution in [1.29, 1.82) is 0 Å². The van der Waals surface area contributed by atoms with E-state index in [1.54, 1.807) is 0 Å². The van der Waals surface area contributed by atoms with Gasteiger partial charge in [-0.1, -0.05) is 58.9 Å². The lowest BCUT2D eigenvalue weighted by atomic mass is 11.8. The van der Waals surface area contributed by atoms with Crippen molar-refractivity contribution < 1.29 is 0 Å². The van der Waals surface area contributed by atoms with Crippen molar-refractivity contribution in [3.63, 3.8) is 0 Å². The Labute approximate surface area is 178 Å². The zero-order valence-corrected chi connectivity index (χ0v) is 28.3. The fraction of sp³-hybridized carbons (Fsp3) is 1.00. The van der Waals surface area contributed by atoms with Crippen LogP contribution in [0.15, 0.2) is 0 Å². The van der Waals surface area contributed by atoms with Gasteiger partial charge in [-0.25, -0.2) is 0 Å². The standard InChI is InChI=1S/C16H48N4Si7/c1-21(2,3)17-24(10,11)18(22(4,5)6)27(16)19(23(7,8)9)26(14,15)20(27)25(17,12)13/h1-16H3. The molecule has 0 radical (unpaired) electrons. The summed E-state index contributed by atoms with van der Waals surface area (Å²) in [5.74, 6) is 0. The molecule has 2 heterocycles. The van der Waals surface area contributed by atoms with Gasteiger partial charge in [-0.05, 0) is 45.8 Å². The smallest absolute Gasteiger partial charge is 0.250 e. The molecule has 0 amide bonds. The molecule has 2 saturated heterocycles. The summed E-state index contributed by atoms with van der Waals surface area (Å²) in [4.78, 5) is 0. The first-order valence-corrected chi connectivity index (χ1v) is 32.0. The molecular formula is C16H48N4Si7. The molecular weight excluding hydrogens is 445 g/mol. The second-order valence-electron chi connectivity index (χ2n) is 13.3. The molecule has 0 aromatic carbocycles. The SMILES string of the molecule is C[Si](C)(C)N1[Si](C)(C)N([Si](C)(C)C)[Si]2(C)N([Si](C)(C)C)[Si](C)(C)N2[Si]1(C)C. The molecule has 1 unspecified atom stereocenters. The third kappa shape index (κ3) is 3.27. The molecule has 1 atom stereocenters. The van der Waals surface area contributed by atoms with Crippen LogP contribution < -0.4 is 0 Å². The van der Waals surface area contributed by atoms with Crippen LogP contribution in [0.1, 0.15) is 0 Å². The Kier molecular flexibility index (Phi) is 5.66. The molecule has 2 aliphatic rings. The minimum absolute atomic E-state index is 1.37. The summed E-state index contributed by atoms with van der Waals surface area (Å²) in [6, 6.07) is 0. The van der Waals surface area contributed by atoms with E-state index >= 15 is 0 Å². The van der Waals surface area contributed by atoms with E-state index in [2.05, 4.69) is 120 Å². The topological polar surface area (TPSA) is 13.0 Å². The van der Waals surface area contributed by atoms with E-state index in [0.29, 0.717) is 0 Å². The van der Waals surface area contributed by atoms with Crippen LogP contribution in [0.4, 0.5) is 0 Å². The van der Waals surface area contributed by atoms with E-state index in [0.717, 1.165) is 0 Å². The van der Waals surface area contributed by atoms with Gasteiger partial charge >= 0.3 is 0 Å². The van der Waals surface area contributed by atoms with E-state index in [1.807, 2.05) is 0 Å². The van der Waals surface area contributed by atoms with Crippen LogP contribution in [0.5, 0.6) is 0 Å². The molecule has 0 saturated carbocycles. The lowest BCUT2D eigenvalue weighted by Gasteiger charge is -2.86. The maximum absolute atomic E-state index is 3.31. The maximum atomic E-state index is 3.31. The summed E-state index contributed by atoms with van der Waals surface area (Å²) in [5, 5.41) is 0. The molecule has 0 N–H and O–H groups in total. The summed E-state index contributed by atoms with van der Waals surface area (Å²) in [5.41, 5.74) is 0. The summed E-state index contributed by atoms with van der Waals surface area (Å²) in [7, 11) is -10.9. The highest BCUT2D eigenvalue weighted by atomic mass is 28.6. The average molecular weight is 493 g/mol. The number of rotatable bonds is 3. The van der Waals surface area contributed by atoms with Gasteiger partial charge in [0, 0.05) is 0 Å². The molecule has 27 heavy (non-hydrogen) atoms. The van der Waals surface area contributed by atoms with Gasteiger partial charge < -0.3 is 15.6 Å². The largest absolute Gasteiger partial charge is 0.346 e. The van der Waals surface area contributed by atoms with Gasteiger partial charge in [-0.3, -0.25) is 0 Å². The van der Waals surface area contributed by atoms with Gasteiger partial charge in [0.1, 0.15) is 24.7 Å². The summed E-state index contributed by atoms with van der Waals surface area (Å²) in [6.07, 6.45) is 0. The maximum Gasteiger partial charge on any atom is 0.250 e. The van der Waals surface area contributed by atoms with Crippen molar-refractivity contribution in [2.24, 2.45) is 0 Å². The van der Waals surface area contributed by atoms with Gasteiger partial charge in [0.25, 0.3) is 0 Å². The Bertz CT molecular complexity index is 618. The normalized spacial score (nSPS) is 32.9. The second kappa shape index (κ2) is 6.20. The highest BCUT2D eigenvalue weighted by Gasteiger charge is 2.80. The molecule has 0 aliphatic carbocycles. The Morgan fingerprint density at radius 1 is 0.407 bits per heavy atom. The Morgan fingerprint density at radius 2 is 0.667 bits per heavy atom. The van der Waals surface area contributed by atoms with Crippen LogP contribution in [0, 0.1) is 0 Å². The fourth-order valence-corrected chi connectivity index (χ4v) is 86.6. The van der Waals surface area contributed by atoms with Crippen LogP contribution >= 0.6 is 0 Å². The Morgan fingerprint density at radius 3 is 0.963 bits per heavy atom. The Balaban J connectivity index is 2.88. The molecule has 2 fully saturated rings. The number of fused-ring (bicyclic) bond motifs is 1. The van der Waals surface area contributed by atoms with Crippen LogP contribution in [0.2, 0.25) is 105 Å². The molecule has 11 heteroatoms. The first kappa shape index (κ1) is 24.6. The molecule has 4 nitrogen and oxygen atoms in total. The lowest BCUT2D eigenvalue weighted by Crippen LogP contribution is -3.10. The van der Waals surface area contributed by atoms with Crippen molar-refractivity contribution in [3.8, 4) is 0 Å². The Hall–Kier alpha value is 1.36. The minimum atomic E-state index is -1.78. The first-order valence-electron chi connectivity index (χ1n) is 10.7. The summed E-state index contributed by atoms with van der Waals surface area (Å²) >= 11 is 0. The second-order valence-corrected chi connectivity index (χ2v) is 48.0. The zero-order valence-electron chi connectivity index (χ0n) is 21.3. The highest BCUT2D eigenvalue weighted by Crippen LogP contribution is 2.55. The van der Waals surface area contributed by atoms with Crippen LogP contribution in [-0.2, 0) is 0 Å². The zero-order chi connectivity index (χ0) is 21.8. The monoisotopic (exact) mass is 492 g/mol. The van der Waals surface area contributed by atoms with Crippen molar-refractivity contribution in [2.45, 2.75) is 105 Å². The molecule has 2 rings (SSSR count). The van der Waals surface area contributed by atoms with Crippen LogP contribution in [-0.4, -0.2) is 74.0 Å². The van der Waals surface area contributed by atoms with E-state index in [1.165, 1.54) is 0 Å². The molecule has 0 bridgehead atoms. The van der Waals surface area contributed by atoms with E-state index < -0.39 is 58.5 Å². The molecule has 0 aromatic heterocycles. The van der Waals surface area contributed by atoms with E-state index in [-0.39, 0.29) is 0 Å². The first-order chi connectivity index (χ1) is 11.5. The van der Waals surface area contributed by atoms with Crippen molar-refractivity contribution in [1.82, 2.24) is 15.6 Å². The van der Waals surface area contributed by atoms with Gasteiger partial charge in [0.15, 0.2) is 25.2 Å². The number of hydrogen-bond acceptors (Lipinski definition) is 4. The van der Waals surface area contributed by atoms with Gasteiger partial charge in [-0.15, -0.1) is 0 Å². The van der Waals surface area contributed by atoms with Gasteiger partial charge in [0.2, 0.25) is 8.56 Å². The third-order valence-corrected chi connectivity index (χ3v) is 59.1. The summed E-state index contributed by atoms with van der Waals surface area (Å²) < 4.78 is 13.1. The van der Waals surface area contributed by atoms with Gasteiger partial charge in [-0.2, -0.15) is 0 Å². The van der Waals surface area contributed by atoms with Crippen molar-refractivity contribution in [2.75, 3.05) is 0 Å². The third-order valence-electron chi connectivity index (χ3n) is 6.57. The fourth-order valence-electron chi connectivity index (χ4n) is 8.52. The van der Waals surface area contributed by atoms with Crippen LogP contribution in [0.25, 0.3) is 0 Å². The summed E-state index contributed by atoms with van der Waals surface area (Å²) in [6.45, 7) is 42.6. The predicted molar refractivity (Wildman–Crippen MR) is 141 cm³/mol. The minimum Gasteiger partial charge on any atom is -0.346 e. The van der Waals surface area contributed by atoms with Gasteiger partial charge in [0.05, 0.1) is 0 Å². The molecule has 160 valence electrons. The quantitative estimate of drug-likeness (QED) is 0.489. The van der Waals surface area contributed by atoms with E-state index in [4.69, 9.17) is 0 Å². The predicted octanol–water partition coefficient (Wildman–Crippen LogP) is 5.40. The van der Waals surface area contributed by atoms with Crippen molar-refractivity contribution in [3.05, 3.63) is 0 Å². The lowest BCUT2D eigenvalue weighted by molar-refractivity contribution is 0.480. The van der Waals surface area contributed by atoms with Crippen LogP contribution in [0.3, 0.4) is 0 Å². The molecule has 0 aromatic rings. The number of nitrogens with zero attached hydrogens (tertiary/aromatic N) is 4. The highest BCUT2D eigenvalue weighted by molar-refractivity contribution is 7.28. The molecule has 0 spiro atoms.